The fraction of sp³-hybridized carbons (Fsp3) is 0.120. The Balaban J connectivity index is 1.79. The number of rotatable bonds is 5. The normalized spacial score (nSPS) is 11.4. The predicted octanol–water partition coefficient (Wildman–Crippen LogP) is 4.95. The molecule has 1 N–H and O–H groups in total. The van der Waals surface area contributed by atoms with E-state index < -0.39 is 23.2 Å². The monoisotopic (exact) mass is 452 g/mol. The molecule has 0 aliphatic carbocycles. The lowest BCUT2D eigenvalue weighted by molar-refractivity contribution is -0.137. The van der Waals surface area contributed by atoms with Gasteiger partial charge in [0.25, 0.3) is 11.5 Å². The van der Waals surface area contributed by atoms with Crippen molar-refractivity contribution in [3.8, 4) is 11.4 Å². The smallest absolute Gasteiger partial charge is 0.416 e. The van der Waals surface area contributed by atoms with E-state index >= 15 is 0 Å². The summed E-state index contributed by atoms with van der Waals surface area (Å²) in [6.45, 7) is 0.110. The molecule has 4 aromatic rings. The van der Waals surface area contributed by atoms with E-state index in [-0.39, 0.29) is 17.8 Å². The first-order chi connectivity index (χ1) is 15.8. The number of alkyl halides is 3. The Labute approximate surface area is 187 Å². The molecular formula is C25H19F3N2O3. The van der Waals surface area contributed by atoms with Gasteiger partial charge in [-0.2, -0.15) is 13.2 Å². The fourth-order valence-electron chi connectivity index (χ4n) is 3.62. The molecular weight excluding hydrogens is 433 g/mol. The largest absolute Gasteiger partial charge is 0.496 e. The van der Waals surface area contributed by atoms with Gasteiger partial charge >= 0.3 is 6.18 Å². The molecule has 0 aliphatic rings. The molecule has 8 heteroatoms. The van der Waals surface area contributed by atoms with Crippen LogP contribution >= 0.6 is 0 Å². The fourth-order valence-corrected chi connectivity index (χ4v) is 3.62. The van der Waals surface area contributed by atoms with E-state index in [1.165, 1.54) is 25.3 Å². The number of halogens is 3. The molecule has 0 saturated heterocycles. The molecule has 1 heterocycles. The molecule has 0 atom stereocenters. The standard InChI is InChI=1S/C25H19F3N2O3/c1-33-22-12-5-3-8-17(22)15-29-23(31)20-13-16-7-2-4-11-21(16)30(24(20)32)19-10-6-9-18(14-19)25(26,27)28/h2-14H,15H2,1H3,(H,29,31). The summed E-state index contributed by atoms with van der Waals surface area (Å²) in [6, 6.07) is 19.7. The highest BCUT2D eigenvalue weighted by molar-refractivity contribution is 5.97. The van der Waals surface area contributed by atoms with Crippen LogP contribution in [0.4, 0.5) is 13.2 Å². The Morgan fingerprint density at radius 1 is 0.970 bits per heavy atom. The average Bonchev–Trinajstić information content (AvgIpc) is 2.82. The Morgan fingerprint density at radius 2 is 1.70 bits per heavy atom. The number of nitrogens with zero attached hydrogens (tertiary/aromatic N) is 1. The van der Waals surface area contributed by atoms with E-state index in [2.05, 4.69) is 5.32 Å². The number of benzene rings is 3. The van der Waals surface area contributed by atoms with Crippen LogP contribution in [0.3, 0.4) is 0 Å². The van der Waals surface area contributed by atoms with Crippen LogP contribution in [-0.2, 0) is 12.7 Å². The first kappa shape index (κ1) is 22.1. The van der Waals surface area contributed by atoms with E-state index in [9.17, 15) is 22.8 Å². The van der Waals surface area contributed by atoms with Crippen molar-refractivity contribution >= 4 is 16.8 Å². The van der Waals surface area contributed by atoms with Gasteiger partial charge in [-0.05, 0) is 41.8 Å². The molecule has 0 saturated carbocycles. The van der Waals surface area contributed by atoms with Crippen molar-refractivity contribution in [1.29, 1.82) is 0 Å². The molecule has 0 bridgehead atoms. The molecule has 0 aliphatic heterocycles. The van der Waals surface area contributed by atoms with Gasteiger partial charge in [-0.1, -0.05) is 42.5 Å². The molecule has 0 unspecified atom stereocenters. The summed E-state index contributed by atoms with van der Waals surface area (Å²) in [5.41, 5.74) is -0.658. The molecule has 1 amide bonds. The van der Waals surface area contributed by atoms with Gasteiger partial charge in [-0.15, -0.1) is 0 Å². The maximum atomic E-state index is 13.3. The highest BCUT2D eigenvalue weighted by Gasteiger charge is 2.31. The van der Waals surface area contributed by atoms with Crippen molar-refractivity contribution in [3.63, 3.8) is 0 Å². The van der Waals surface area contributed by atoms with Gasteiger partial charge in [-0.25, -0.2) is 0 Å². The van der Waals surface area contributed by atoms with Crippen molar-refractivity contribution < 1.29 is 22.7 Å². The van der Waals surface area contributed by atoms with E-state index in [0.29, 0.717) is 22.2 Å². The number of carbonyl (C=O) groups excluding carboxylic acids is 1. The minimum atomic E-state index is -4.57. The van der Waals surface area contributed by atoms with Crippen LogP contribution in [0.15, 0.2) is 83.7 Å². The summed E-state index contributed by atoms with van der Waals surface area (Å²) in [5.74, 6) is -0.0601. The molecule has 3 aromatic carbocycles. The van der Waals surface area contributed by atoms with Gasteiger partial charge in [-0.3, -0.25) is 14.2 Å². The molecule has 33 heavy (non-hydrogen) atoms. The number of pyridine rings is 1. The molecule has 0 spiro atoms. The number of ether oxygens (including phenoxy) is 1. The minimum Gasteiger partial charge on any atom is -0.496 e. The second-order valence-electron chi connectivity index (χ2n) is 7.30. The minimum absolute atomic E-state index is 0.0189. The maximum absolute atomic E-state index is 13.3. The second-order valence-corrected chi connectivity index (χ2v) is 7.30. The zero-order chi connectivity index (χ0) is 23.6. The first-order valence-corrected chi connectivity index (χ1v) is 10.0. The lowest BCUT2D eigenvalue weighted by Crippen LogP contribution is -2.32. The third kappa shape index (κ3) is 4.45. The zero-order valence-corrected chi connectivity index (χ0v) is 17.5. The van der Waals surface area contributed by atoms with Gasteiger partial charge in [0.05, 0.1) is 18.2 Å². The number of carbonyl (C=O) groups is 1. The van der Waals surface area contributed by atoms with E-state index in [0.717, 1.165) is 16.7 Å². The number of methoxy groups -OCH3 is 1. The van der Waals surface area contributed by atoms with Crippen molar-refractivity contribution in [3.05, 3.63) is 106 Å². The molecule has 5 nitrogen and oxygen atoms in total. The quantitative estimate of drug-likeness (QED) is 0.466. The number of amides is 1. The number of hydrogen-bond donors (Lipinski definition) is 1. The topological polar surface area (TPSA) is 60.3 Å². The lowest BCUT2D eigenvalue weighted by atomic mass is 10.1. The van der Waals surface area contributed by atoms with Gasteiger partial charge in [0, 0.05) is 17.8 Å². The molecule has 1 aromatic heterocycles. The van der Waals surface area contributed by atoms with Crippen LogP contribution < -0.4 is 15.6 Å². The van der Waals surface area contributed by atoms with E-state index in [4.69, 9.17) is 4.74 Å². The SMILES string of the molecule is COc1ccccc1CNC(=O)c1cc2ccccc2n(-c2cccc(C(F)(F)F)c2)c1=O. The first-order valence-electron chi connectivity index (χ1n) is 10.0. The Bertz CT molecular complexity index is 1390. The highest BCUT2D eigenvalue weighted by atomic mass is 19.4. The summed E-state index contributed by atoms with van der Waals surface area (Å²) in [7, 11) is 1.51. The third-order valence-corrected chi connectivity index (χ3v) is 5.22. The number of fused-ring (bicyclic) bond motifs is 1. The molecule has 4 rings (SSSR count). The number of nitrogens with one attached hydrogen (secondary N) is 1. The van der Waals surface area contributed by atoms with Gasteiger partial charge in [0.2, 0.25) is 0 Å². The average molecular weight is 452 g/mol. The van der Waals surface area contributed by atoms with Crippen molar-refractivity contribution in [2.45, 2.75) is 12.7 Å². The highest BCUT2D eigenvalue weighted by Crippen LogP contribution is 2.30. The predicted molar refractivity (Wildman–Crippen MR) is 119 cm³/mol. The van der Waals surface area contributed by atoms with Crippen molar-refractivity contribution in [2.24, 2.45) is 0 Å². The van der Waals surface area contributed by atoms with Gasteiger partial charge in [0.15, 0.2) is 0 Å². The summed E-state index contributed by atoms with van der Waals surface area (Å²) >= 11 is 0. The van der Waals surface area contributed by atoms with Crippen LogP contribution in [0.1, 0.15) is 21.5 Å². The summed E-state index contributed by atoms with van der Waals surface area (Å²) in [4.78, 5) is 26.3. The molecule has 0 radical (unpaired) electrons. The summed E-state index contributed by atoms with van der Waals surface area (Å²) in [5, 5.41) is 3.24. The summed E-state index contributed by atoms with van der Waals surface area (Å²) < 4.78 is 46.2. The van der Waals surface area contributed by atoms with Crippen LogP contribution in [0.25, 0.3) is 16.6 Å². The molecule has 168 valence electrons. The zero-order valence-electron chi connectivity index (χ0n) is 17.5. The van der Waals surface area contributed by atoms with Crippen molar-refractivity contribution in [2.75, 3.05) is 7.11 Å². The number of para-hydroxylation sites is 2. The van der Waals surface area contributed by atoms with Crippen LogP contribution in [0, 0.1) is 0 Å². The Hall–Kier alpha value is -4.07. The van der Waals surface area contributed by atoms with Crippen LogP contribution in [-0.4, -0.2) is 17.6 Å². The molecule has 0 fully saturated rings. The van der Waals surface area contributed by atoms with Gasteiger partial charge < -0.3 is 10.1 Å². The van der Waals surface area contributed by atoms with E-state index in [1.807, 2.05) is 0 Å². The summed E-state index contributed by atoms with van der Waals surface area (Å²) in [6.07, 6.45) is -4.57. The number of aromatic nitrogens is 1. The van der Waals surface area contributed by atoms with E-state index in [1.54, 1.807) is 48.5 Å². The lowest BCUT2D eigenvalue weighted by Gasteiger charge is -2.15. The third-order valence-electron chi connectivity index (χ3n) is 5.22. The second kappa shape index (κ2) is 8.82. The van der Waals surface area contributed by atoms with Crippen LogP contribution in [0.2, 0.25) is 0 Å². The van der Waals surface area contributed by atoms with Crippen LogP contribution in [0.5, 0.6) is 5.75 Å². The Kier molecular flexibility index (Phi) is 5.91. The Morgan fingerprint density at radius 3 is 2.45 bits per heavy atom. The van der Waals surface area contributed by atoms with Crippen molar-refractivity contribution in [1.82, 2.24) is 9.88 Å². The van der Waals surface area contributed by atoms with Gasteiger partial charge in [0.1, 0.15) is 11.3 Å². The number of hydrogen-bond acceptors (Lipinski definition) is 3. The maximum Gasteiger partial charge on any atom is 0.416 e.